The van der Waals surface area contributed by atoms with Crippen LogP contribution < -0.4 is 10.1 Å². The first kappa shape index (κ1) is 21.9. The third-order valence-corrected chi connectivity index (χ3v) is 7.07. The Morgan fingerprint density at radius 2 is 2.00 bits per heavy atom. The van der Waals surface area contributed by atoms with Gasteiger partial charge in [0.1, 0.15) is 5.75 Å². The molecule has 4 heteroatoms. The number of rotatable bonds is 7. The first-order chi connectivity index (χ1) is 14.8. The Morgan fingerprint density at radius 1 is 1.16 bits per heavy atom. The summed E-state index contributed by atoms with van der Waals surface area (Å²) in [5.41, 5.74) is 3.00. The molecule has 0 aliphatic heterocycles. The van der Waals surface area contributed by atoms with Gasteiger partial charge in [-0.15, -0.1) is 0 Å². The standard InChI is InChI=1S/C27H35NO3/c1-18(24-13-7-9-19-8-4-5-12-25(19)24)28-22-15-14-21(16-22)20-10-6-11-23(17-20)31-27(2,3)26(29)30/h5-7,10-13,17-19,21-22,28H,4,8-9,14-16H2,1-3H3,(H,29,30)/t18-,19?,21-,22+/m1/s1. The molecule has 4 rings (SSSR count). The summed E-state index contributed by atoms with van der Waals surface area (Å²) < 4.78 is 5.75. The highest BCUT2D eigenvalue weighted by atomic mass is 16.5. The smallest absolute Gasteiger partial charge is 0.347 e. The number of benzene rings is 1. The number of allylic oxidation sites excluding steroid dienone is 4. The molecule has 1 aromatic carbocycles. The van der Waals surface area contributed by atoms with Crippen molar-refractivity contribution in [1.82, 2.24) is 5.32 Å². The molecule has 1 unspecified atom stereocenters. The number of ether oxygens (including phenoxy) is 1. The second kappa shape index (κ2) is 9.04. The second-order valence-corrected chi connectivity index (χ2v) is 9.81. The van der Waals surface area contributed by atoms with Gasteiger partial charge in [-0.2, -0.15) is 0 Å². The van der Waals surface area contributed by atoms with Gasteiger partial charge in [-0.1, -0.05) is 36.4 Å². The summed E-state index contributed by atoms with van der Waals surface area (Å²) in [6.45, 7) is 5.47. The van der Waals surface area contributed by atoms with Crippen LogP contribution in [0.4, 0.5) is 0 Å². The van der Waals surface area contributed by atoms with Crippen LogP contribution in [0.2, 0.25) is 0 Å². The third kappa shape index (κ3) is 4.95. The third-order valence-electron chi connectivity index (χ3n) is 7.07. The van der Waals surface area contributed by atoms with E-state index in [1.807, 2.05) is 18.2 Å². The maximum absolute atomic E-state index is 11.4. The van der Waals surface area contributed by atoms with E-state index in [0.717, 1.165) is 19.3 Å². The van der Waals surface area contributed by atoms with E-state index in [4.69, 9.17) is 4.74 Å². The van der Waals surface area contributed by atoms with Crippen molar-refractivity contribution < 1.29 is 14.6 Å². The zero-order valence-corrected chi connectivity index (χ0v) is 18.9. The van der Waals surface area contributed by atoms with Gasteiger partial charge in [-0.25, -0.2) is 4.79 Å². The van der Waals surface area contributed by atoms with Crippen molar-refractivity contribution in [2.24, 2.45) is 5.92 Å². The van der Waals surface area contributed by atoms with Crippen molar-refractivity contribution in [3.05, 3.63) is 65.3 Å². The molecule has 0 spiro atoms. The molecule has 4 atom stereocenters. The summed E-state index contributed by atoms with van der Waals surface area (Å²) in [5, 5.41) is 13.2. The Balaban J connectivity index is 1.40. The molecular weight excluding hydrogens is 386 g/mol. The lowest BCUT2D eigenvalue weighted by atomic mass is 9.79. The van der Waals surface area contributed by atoms with Crippen LogP contribution in [-0.2, 0) is 4.79 Å². The van der Waals surface area contributed by atoms with Gasteiger partial charge in [0, 0.05) is 12.1 Å². The molecule has 1 fully saturated rings. The largest absolute Gasteiger partial charge is 0.478 e. The first-order valence-electron chi connectivity index (χ1n) is 11.7. The van der Waals surface area contributed by atoms with Crippen LogP contribution in [0.5, 0.6) is 5.75 Å². The minimum absolute atomic E-state index is 0.353. The minimum Gasteiger partial charge on any atom is -0.478 e. The van der Waals surface area contributed by atoms with Crippen molar-refractivity contribution in [3.8, 4) is 5.75 Å². The van der Waals surface area contributed by atoms with E-state index in [1.54, 1.807) is 13.8 Å². The molecule has 0 aromatic heterocycles. The van der Waals surface area contributed by atoms with Crippen molar-refractivity contribution in [1.29, 1.82) is 0 Å². The van der Waals surface area contributed by atoms with E-state index >= 15 is 0 Å². The number of hydrogen-bond donors (Lipinski definition) is 2. The maximum atomic E-state index is 11.4. The molecule has 0 radical (unpaired) electrons. The first-order valence-corrected chi connectivity index (χ1v) is 11.7. The van der Waals surface area contributed by atoms with Gasteiger partial charge in [0.15, 0.2) is 5.60 Å². The fourth-order valence-electron chi connectivity index (χ4n) is 5.28. The average Bonchev–Trinajstić information content (AvgIpc) is 3.21. The van der Waals surface area contributed by atoms with E-state index in [0.29, 0.717) is 29.7 Å². The Labute approximate surface area is 186 Å². The summed E-state index contributed by atoms with van der Waals surface area (Å²) in [6, 6.07) is 8.83. The van der Waals surface area contributed by atoms with Gasteiger partial charge in [0.25, 0.3) is 0 Å². The number of carbonyl (C=O) groups is 1. The maximum Gasteiger partial charge on any atom is 0.347 e. The molecule has 0 bridgehead atoms. The number of carboxylic acid groups (broad SMARTS) is 1. The van der Waals surface area contributed by atoms with E-state index in [2.05, 4.69) is 42.6 Å². The van der Waals surface area contributed by atoms with Gasteiger partial charge < -0.3 is 15.2 Å². The van der Waals surface area contributed by atoms with Gasteiger partial charge in [-0.3, -0.25) is 0 Å². The van der Waals surface area contributed by atoms with Gasteiger partial charge in [0.2, 0.25) is 0 Å². The number of hydrogen-bond acceptors (Lipinski definition) is 3. The van der Waals surface area contributed by atoms with Gasteiger partial charge in [-0.05, 0) is 100.0 Å². The summed E-state index contributed by atoms with van der Waals surface area (Å²) >= 11 is 0. The van der Waals surface area contributed by atoms with E-state index < -0.39 is 11.6 Å². The molecular formula is C27H35NO3. The Hall–Kier alpha value is -2.33. The zero-order valence-electron chi connectivity index (χ0n) is 18.9. The Bertz CT molecular complexity index is 911. The molecule has 4 nitrogen and oxygen atoms in total. The normalized spacial score (nSPS) is 26.6. The van der Waals surface area contributed by atoms with Crippen molar-refractivity contribution in [2.75, 3.05) is 0 Å². The lowest BCUT2D eigenvalue weighted by molar-refractivity contribution is -0.152. The number of fused-ring (bicyclic) bond motifs is 1. The lowest BCUT2D eigenvalue weighted by Crippen LogP contribution is -2.37. The quantitative estimate of drug-likeness (QED) is 0.587. The molecule has 0 heterocycles. The molecule has 2 N–H and O–H groups in total. The predicted molar refractivity (Wildman–Crippen MR) is 124 cm³/mol. The van der Waals surface area contributed by atoms with E-state index in [9.17, 15) is 9.90 Å². The molecule has 166 valence electrons. The predicted octanol–water partition coefficient (Wildman–Crippen LogP) is 5.77. The highest BCUT2D eigenvalue weighted by Gasteiger charge is 2.31. The van der Waals surface area contributed by atoms with Crippen LogP contribution in [0, 0.1) is 5.92 Å². The number of aliphatic carboxylic acids is 1. The fourth-order valence-corrected chi connectivity index (χ4v) is 5.28. The summed E-state index contributed by atoms with van der Waals surface area (Å²) in [6.07, 6.45) is 16.4. The van der Waals surface area contributed by atoms with Crippen molar-refractivity contribution in [3.63, 3.8) is 0 Å². The van der Waals surface area contributed by atoms with Crippen molar-refractivity contribution in [2.45, 2.75) is 82.9 Å². The zero-order chi connectivity index (χ0) is 22.0. The van der Waals surface area contributed by atoms with Crippen LogP contribution in [-0.4, -0.2) is 28.8 Å². The topological polar surface area (TPSA) is 58.6 Å². The van der Waals surface area contributed by atoms with Crippen LogP contribution in [0.25, 0.3) is 0 Å². The number of carboxylic acids is 1. The highest BCUT2D eigenvalue weighted by molar-refractivity contribution is 5.76. The summed E-state index contributed by atoms with van der Waals surface area (Å²) in [5.74, 6) is 0.842. The summed E-state index contributed by atoms with van der Waals surface area (Å²) in [4.78, 5) is 11.4. The van der Waals surface area contributed by atoms with Crippen LogP contribution in [0.15, 0.2) is 59.7 Å². The van der Waals surface area contributed by atoms with Gasteiger partial charge >= 0.3 is 5.97 Å². The molecule has 3 aliphatic carbocycles. The second-order valence-electron chi connectivity index (χ2n) is 9.81. The minimum atomic E-state index is -1.23. The number of nitrogens with one attached hydrogen (secondary N) is 1. The molecule has 31 heavy (non-hydrogen) atoms. The van der Waals surface area contributed by atoms with Crippen LogP contribution in [0.3, 0.4) is 0 Å². The Kier molecular flexibility index (Phi) is 6.38. The molecule has 1 aromatic rings. The lowest BCUT2D eigenvalue weighted by Gasteiger charge is -2.30. The SMILES string of the molecule is C[C@@H](N[C@H]1CC[C@@H](c2cccc(OC(C)(C)C(=O)O)c2)C1)C1=C2C=CCCC2CC=C1. The van der Waals surface area contributed by atoms with Crippen molar-refractivity contribution >= 4 is 5.97 Å². The van der Waals surface area contributed by atoms with E-state index in [1.165, 1.54) is 36.0 Å². The molecule has 3 aliphatic rings. The molecule has 1 saturated carbocycles. The summed E-state index contributed by atoms with van der Waals surface area (Å²) in [7, 11) is 0. The fraction of sp³-hybridized carbons (Fsp3) is 0.519. The average molecular weight is 422 g/mol. The highest BCUT2D eigenvalue weighted by Crippen LogP contribution is 2.38. The molecule has 0 saturated heterocycles. The van der Waals surface area contributed by atoms with Gasteiger partial charge in [0.05, 0.1) is 0 Å². The molecule has 0 amide bonds. The van der Waals surface area contributed by atoms with Crippen LogP contribution in [0.1, 0.15) is 70.8 Å². The Morgan fingerprint density at radius 3 is 2.81 bits per heavy atom. The van der Waals surface area contributed by atoms with E-state index in [-0.39, 0.29) is 0 Å². The monoisotopic (exact) mass is 421 g/mol. The van der Waals surface area contributed by atoms with Crippen LogP contribution >= 0.6 is 0 Å².